The van der Waals surface area contributed by atoms with Crippen LogP contribution < -0.4 is 11.1 Å². The van der Waals surface area contributed by atoms with E-state index in [-0.39, 0.29) is 0 Å². The van der Waals surface area contributed by atoms with Crippen molar-refractivity contribution in [3.8, 4) is 0 Å². The molecule has 2 rings (SSSR count). The van der Waals surface area contributed by atoms with Crippen molar-refractivity contribution in [2.75, 3.05) is 18.8 Å². The number of nitrogens with one attached hydrogen (secondary N) is 2. The third-order valence-corrected chi connectivity index (χ3v) is 3.24. The molecule has 0 unspecified atom stereocenters. The zero-order valence-corrected chi connectivity index (χ0v) is 8.10. The van der Waals surface area contributed by atoms with Crippen molar-refractivity contribution in [3.05, 3.63) is 0 Å². The first kappa shape index (κ1) is 8.83. The molecule has 0 aliphatic carbocycles. The molecule has 0 atom stereocenters. The van der Waals surface area contributed by atoms with Gasteiger partial charge >= 0.3 is 0 Å². The molecule has 0 bridgehead atoms. The van der Waals surface area contributed by atoms with Crippen molar-refractivity contribution in [2.24, 2.45) is 0 Å². The largest absolute Gasteiger partial charge is 0.368 e. The van der Waals surface area contributed by atoms with Crippen LogP contribution in [0.3, 0.4) is 0 Å². The van der Waals surface area contributed by atoms with E-state index in [1.54, 1.807) is 11.8 Å². The summed E-state index contributed by atoms with van der Waals surface area (Å²) in [7, 11) is 0. The van der Waals surface area contributed by atoms with E-state index in [1.807, 2.05) is 0 Å². The molecule has 0 amide bonds. The number of nitrogens with zero attached hydrogens (tertiary/aromatic N) is 2. The maximum atomic E-state index is 5.43. The van der Waals surface area contributed by atoms with Gasteiger partial charge in [-0.3, -0.25) is 0 Å². The van der Waals surface area contributed by atoms with E-state index >= 15 is 0 Å². The number of H-pyrrole nitrogens is 1. The predicted molar refractivity (Wildman–Crippen MR) is 52.5 cm³/mol. The summed E-state index contributed by atoms with van der Waals surface area (Å²) in [6, 6.07) is 0. The molecule has 0 saturated carbocycles. The Hall–Kier alpha value is -0.750. The van der Waals surface area contributed by atoms with Crippen LogP contribution in [0.5, 0.6) is 0 Å². The standard InChI is InChI=1S/C7H13N5S/c8-6-10-7(12-11-6)13-5-1-3-9-4-2-5/h5,9H,1-4H2,(H3,8,10,11,12). The molecule has 1 fully saturated rings. The molecule has 1 aromatic heterocycles. The van der Waals surface area contributed by atoms with Crippen molar-refractivity contribution < 1.29 is 0 Å². The van der Waals surface area contributed by atoms with E-state index in [0.717, 1.165) is 18.2 Å². The molecule has 4 N–H and O–H groups in total. The normalized spacial score (nSPS) is 19.1. The maximum Gasteiger partial charge on any atom is 0.216 e. The molecule has 2 heterocycles. The highest BCUT2D eigenvalue weighted by molar-refractivity contribution is 7.99. The van der Waals surface area contributed by atoms with Crippen LogP contribution in [0.4, 0.5) is 5.95 Å². The Balaban J connectivity index is 1.89. The number of piperidine rings is 1. The third kappa shape index (κ3) is 2.35. The lowest BCUT2D eigenvalue weighted by Crippen LogP contribution is -2.29. The second-order valence-corrected chi connectivity index (χ2v) is 4.34. The summed E-state index contributed by atoms with van der Waals surface area (Å²) < 4.78 is 0. The van der Waals surface area contributed by atoms with Gasteiger partial charge in [0, 0.05) is 5.25 Å². The zero-order valence-electron chi connectivity index (χ0n) is 7.29. The fourth-order valence-electron chi connectivity index (χ4n) is 1.37. The highest BCUT2D eigenvalue weighted by Gasteiger charge is 2.16. The average Bonchev–Trinajstić information content (AvgIpc) is 2.53. The summed E-state index contributed by atoms with van der Waals surface area (Å²) in [6.07, 6.45) is 2.36. The summed E-state index contributed by atoms with van der Waals surface area (Å²) >= 11 is 1.71. The Morgan fingerprint density at radius 2 is 2.15 bits per heavy atom. The van der Waals surface area contributed by atoms with Gasteiger partial charge in [-0.1, -0.05) is 11.8 Å². The molecule has 1 aliphatic rings. The Kier molecular flexibility index (Phi) is 2.70. The van der Waals surface area contributed by atoms with E-state index in [1.165, 1.54) is 12.8 Å². The number of thioether (sulfide) groups is 1. The molecule has 13 heavy (non-hydrogen) atoms. The van der Waals surface area contributed by atoms with Gasteiger partial charge in [-0.15, -0.1) is 5.10 Å². The minimum absolute atomic E-state index is 0.399. The fraction of sp³-hybridized carbons (Fsp3) is 0.714. The van der Waals surface area contributed by atoms with E-state index < -0.39 is 0 Å². The van der Waals surface area contributed by atoms with Gasteiger partial charge in [0.2, 0.25) is 11.1 Å². The van der Waals surface area contributed by atoms with Crippen LogP contribution in [0, 0.1) is 0 Å². The van der Waals surface area contributed by atoms with Gasteiger partial charge in [-0.2, -0.15) is 4.98 Å². The van der Waals surface area contributed by atoms with Gasteiger partial charge in [-0.05, 0) is 25.9 Å². The van der Waals surface area contributed by atoms with Crippen molar-refractivity contribution in [3.63, 3.8) is 0 Å². The fourth-order valence-corrected chi connectivity index (χ4v) is 2.39. The highest BCUT2D eigenvalue weighted by atomic mass is 32.2. The lowest BCUT2D eigenvalue weighted by Gasteiger charge is -2.20. The number of hydrogen-bond acceptors (Lipinski definition) is 5. The van der Waals surface area contributed by atoms with Gasteiger partial charge in [0.15, 0.2) is 0 Å². The summed E-state index contributed by atoms with van der Waals surface area (Å²) in [5.41, 5.74) is 5.43. The molecule has 0 spiro atoms. The summed E-state index contributed by atoms with van der Waals surface area (Å²) in [5, 5.41) is 11.4. The third-order valence-electron chi connectivity index (χ3n) is 2.04. The van der Waals surface area contributed by atoms with Crippen LogP contribution >= 0.6 is 11.8 Å². The number of anilines is 1. The maximum absolute atomic E-state index is 5.43. The number of aromatic nitrogens is 3. The summed E-state index contributed by atoms with van der Waals surface area (Å²) in [6.45, 7) is 2.19. The first-order valence-corrected chi connectivity index (χ1v) is 5.28. The number of nitrogens with two attached hydrogens (primary N) is 1. The van der Waals surface area contributed by atoms with Crippen molar-refractivity contribution >= 4 is 17.7 Å². The minimum Gasteiger partial charge on any atom is -0.368 e. The van der Waals surface area contributed by atoms with Crippen LogP contribution in [0.2, 0.25) is 0 Å². The summed E-state index contributed by atoms with van der Waals surface area (Å²) in [5.74, 6) is 0.399. The molecular formula is C7H13N5S. The van der Waals surface area contributed by atoms with Gasteiger partial charge in [-0.25, -0.2) is 5.10 Å². The minimum atomic E-state index is 0.399. The van der Waals surface area contributed by atoms with E-state index in [2.05, 4.69) is 20.5 Å². The molecule has 72 valence electrons. The number of aromatic amines is 1. The molecule has 6 heteroatoms. The molecule has 1 aliphatic heterocycles. The topological polar surface area (TPSA) is 79.6 Å². The van der Waals surface area contributed by atoms with E-state index in [4.69, 9.17) is 5.73 Å². The van der Waals surface area contributed by atoms with Gasteiger partial charge in [0.05, 0.1) is 0 Å². The van der Waals surface area contributed by atoms with Crippen LogP contribution in [0.25, 0.3) is 0 Å². The first-order valence-electron chi connectivity index (χ1n) is 4.40. The smallest absolute Gasteiger partial charge is 0.216 e. The van der Waals surface area contributed by atoms with Gasteiger partial charge in [0.1, 0.15) is 0 Å². The molecule has 0 aromatic carbocycles. The van der Waals surface area contributed by atoms with Crippen LogP contribution in [-0.2, 0) is 0 Å². The van der Waals surface area contributed by atoms with Gasteiger partial charge in [0.25, 0.3) is 0 Å². The monoisotopic (exact) mass is 199 g/mol. The van der Waals surface area contributed by atoms with Gasteiger partial charge < -0.3 is 11.1 Å². The highest BCUT2D eigenvalue weighted by Crippen LogP contribution is 2.25. The zero-order chi connectivity index (χ0) is 9.10. The second kappa shape index (κ2) is 3.97. The van der Waals surface area contributed by atoms with E-state index in [9.17, 15) is 0 Å². The van der Waals surface area contributed by atoms with Crippen molar-refractivity contribution in [1.29, 1.82) is 0 Å². The van der Waals surface area contributed by atoms with E-state index in [0.29, 0.717) is 11.2 Å². The van der Waals surface area contributed by atoms with Crippen LogP contribution in [0.1, 0.15) is 12.8 Å². The first-order chi connectivity index (χ1) is 6.34. The van der Waals surface area contributed by atoms with Crippen molar-refractivity contribution in [2.45, 2.75) is 23.2 Å². The SMILES string of the molecule is Nc1nc(SC2CCNCC2)n[nH]1. The Bertz CT molecular complexity index is 268. The summed E-state index contributed by atoms with van der Waals surface area (Å²) in [4.78, 5) is 4.06. The van der Waals surface area contributed by atoms with Crippen LogP contribution in [-0.4, -0.2) is 33.5 Å². The second-order valence-electron chi connectivity index (χ2n) is 3.07. The van der Waals surface area contributed by atoms with Crippen molar-refractivity contribution in [1.82, 2.24) is 20.5 Å². The molecule has 5 nitrogen and oxygen atoms in total. The molecular weight excluding hydrogens is 186 g/mol. The Labute approximate surface area is 80.9 Å². The Morgan fingerprint density at radius 1 is 1.38 bits per heavy atom. The molecule has 0 radical (unpaired) electrons. The Morgan fingerprint density at radius 3 is 2.77 bits per heavy atom. The molecule has 1 saturated heterocycles. The quantitative estimate of drug-likeness (QED) is 0.635. The number of rotatable bonds is 2. The number of hydrogen-bond donors (Lipinski definition) is 3. The average molecular weight is 199 g/mol. The predicted octanol–water partition coefficient (Wildman–Crippen LogP) is 0.231. The van der Waals surface area contributed by atoms with Crippen LogP contribution in [0.15, 0.2) is 5.16 Å². The lowest BCUT2D eigenvalue weighted by molar-refractivity contribution is 0.531. The number of nitrogen functional groups attached to an aromatic ring is 1. The molecule has 1 aromatic rings. The lowest BCUT2D eigenvalue weighted by atomic mass is 10.2.